The molecular formula is C22H20N2O4. The number of nitrogens with two attached hydrogens (primary N) is 1. The van der Waals surface area contributed by atoms with Gasteiger partial charge in [-0.2, -0.15) is 0 Å². The van der Waals surface area contributed by atoms with Gasteiger partial charge in [-0.1, -0.05) is 36.4 Å². The Morgan fingerprint density at radius 2 is 1.89 bits per heavy atom. The number of nitrogens with one attached hydrogen (secondary N) is 1. The summed E-state index contributed by atoms with van der Waals surface area (Å²) in [5.74, 6) is -0.947. The van der Waals surface area contributed by atoms with E-state index in [1.54, 1.807) is 13.0 Å². The van der Waals surface area contributed by atoms with Crippen molar-refractivity contribution < 1.29 is 14.3 Å². The number of benzene rings is 2. The largest absolute Gasteiger partial charge is 0.462 e. The number of rotatable bonds is 3. The third-order valence-electron chi connectivity index (χ3n) is 4.96. The van der Waals surface area contributed by atoms with Gasteiger partial charge < -0.3 is 20.2 Å². The lowest BCUT2D eigenvalue weighted by molar-refractivity contribution is -0.139. The average Bonchev–Trinajstić information content (AvgIpc) is 2.67. The molecule has 1 aliphatic heterocycles. The van der Waals surface area contributed by atoms with Gasteiger partial charge in [0.05, 0.1) is 23.6 Å². The Bertz CT molecular complexity index is 1180. The van der Waals surface area contributed by atoms with Crippen LogP contribution in [-0.2, 0) is 9.53 Å². The summed E-state index contributed by atoms with van der Waals surface area (Å²) < 4.78 is 11.1. The van der Waals surface area contributed by atoms with Crippen LogP contribution in [0.15, 0.2) is 64.8 Å². The molecule has 3 N–H and O–H groups in total. The first kappa shape index (κ1) is 17.9. The molecule has 142 valence electrons. The van der Waals surface area contributed by atoms with E-state index in [1.807, 2.05) is 49.4 Å². The molecule has 0 saturated heterocycles. The van der Waals surface area contributed by atoms with Gasteiger partial charge in [0.15, 0.2) is 0 Å². The molecule has 4 rings (SSSR count). The molecular weight excluding hydrogens is 356 g/mol. The fourth-order valence-corrected chi connectivity index (χ4v) is 3.70. The highest BCUT2D eigenvalue weighted by atomic mass is 16.5. The smallest absolute Gasteiger partial charge is 0.340 e. The predicted octanol–water partition coefficient (Wildman–Crippen LogP) is 3.09. The lowest BCUT2D eigenvalue weighted by Gasteiger charge is -2.29. The minimum Gasteiger partial charge on any atom is -0.462 e. The molecule has 3 aromatic rings. The van der Waals surface area contributed by atoms with Crippen molar-refractivity contribution in [2.75, 3.05) is 6.61 Å². The Morgan fingerprint density at radius 1 is 1.18 bits per heavy atom. The number of carbonyl (C=O) groups is 1. The fraction of sp³-hybridized carbons (Fsp3) is 0.182. The van der Waals surface area contributed by atoms with Crippen LogP contribution in [0.2, 0.25) is 0 Å². The van der Waals surface area contributed by atoms with Crippen LogP contribution < -0.4 is 16.0 Å². The Kier molecular flexibility index (Phi) is 4.39. The molecule has 2 heterocycles. The van der Waals surface area contributed by atoms with Crippen LogP contribution in [0.5, 0.6) is 5.75 Å². The lowest BCUT2D eigenvalue weighted by Crippen LogP contribution is -2.32. The number of pyridine rings is 1. The monoisotopic (exact) mass is 376 g/mol. The summed E-state index contributed by atoms with van der Waals surface area (Å²) in [5, 5.41) is 0.724. The summed E-state index contributed by atoms with van der Waals surface area (Å²) in [6, 6.07) is 14.9. The molecule has 0 fully saturated rings. The van der Waals surface area contributed by atoms with Crippen molar-refractivity contribution >= 4 is 16.9 Å². The summed E-state index contributed by atoms with van der Waals surface area (Å²) in [5.41, 5.74) is 8.74. The van der Waals surface area contributed by atoms with Crippen LogP contribution in [0.3, 0.4) is 0 Å². The second-order valence-corrected chi connectivity index (χ2v) is 6.63. The van der Waals surface area contributed by atoms with Crippen molar-refractivity contribution in [3.8, 4) is 5.75 Å². The summed E-state index contributed by atoms with van der Waals surface area (Å²) in [4.78, 5) is 28.7. The minimum absolute atomic E-state index is 0.0463. The molecule has 0 spiro atoms. The summed E-state index contributed by atoms with van der Waals surface area (Å²) >= 11 is 0. The van der Waals surface area contributed by atoms with E-state index < -0.39 is 11.9 Å². The summed E-state index contributed by atoms with van der Waals surface area (Å²) in [6.45, 7) is 3.84. The van der Waals surface area contributed by atoms with Crippen LogP contribution in [-0.4, -0.2) is 17.6 Å². The molecule has 1 atom stereocenters. The van der Waals surface area contributed by atoms with E-state index in [0.717, 1.165) is 16.5 Å². The number of aromatic amines is 1. The molecule has 2 aromatic carbocycles. The van der Waals surface area contributed by atoms with Crippen LogP contribution >= 0.6 is 0 Å². The highest BCUT2D eigenvalue weighted by Gasteiger charge is 2.39. The number of aromatic nitrogens is 1. The Morgan fingerprint density at radius 3 is 2.64 bits per heavy atom. The molecule has 1 aromatic heterocycles. The minimum atomic E-state index is -0.683. The van der Waals surface area contributed by atoms with Crippen molar-refractivity contribution in [2.24, 2.45) is 5.73 Å². The Balaban J connectivity index is 2.07. The number of hydrogen-bond donors (Lipinski definition) is 2. The van der Waals surface area contributed by atoms with Gasteiger partial charge in [-0.15, -0.1) is 0 Å². The Hall–Kier alpha value is -3.54. The van der Waals surface area contributed by atoms with Crippen molar-refractivity contribution in [3.63, 3.8) is 0 Å². The molecule has 28 heavy (non-hydrogen) atoms. The fourth-order valence-electron chi connectivity index (χ4n) is 3.70. The van der Waals surface area contributed by atoms with Crippen molar-refractivity contribution in [1.29, 1.82) is 0 Å². The number of para-hydroxylation sites is 1. The first-order valence-corrected chi connectivity index (χ1v) is 9.08. The quantitative estimate of drug-likeness (QED) is 0.685. The lowest BCUT2D eigenvalue weighted by atomic mass is 9.81. The second-order valence-electron chi connectivity index (χ2n) is 6.63. The highest BCUT2D eigenvalue weighted by molar-refractivity contribution is 5.95. The van der Waals surface area contributed by atoms with Crippen molar-refractivity contribution in [2.45, 2.75) is 19.8 Å². The van der Waals surface area contributed by atoms with Gasteiger partial charge >= 0.3 is 5.97 Å². The van der Waals surface area contributed by atoms with Crippen LogP contribution in [0.25, 0.3) is 10.9 Å². The van der Waals surface area contributed by atoms with Crippen LogP contribution in [0, 0.1) is 6.92 Å². The normalized spacial score (nSPS) is 15.9. The van der Waals surface area contributed by atoms with Gasteiger partial charge in [0.25, 0.3) is 5.56 Å². The zero-order chi connectivity index (χ0) is 19.8. The first-order chi connectivity index (χ1) is 13.5. The van der Waals surface area contributed by atoms with Gasteiger partial charge in [0.1, 0.15) is 11.3 Å². The molecule has 6 nitrogen and oxygen atoms in total. The van der Waals surface area contributed by atoms with Crippen LogP contribution in [0.4, 0.5) is 0 Å². The first-order valence-electron chi connectivity index (χ1n) is 9.08. The molecule has 0 radical (unpaired) electrons. The topological polar surface area (TPSA) is 94.4 Å². The van der Waals surface area contributed by atoms with Gasteiger partial charge in [0, 0.05) is 5.39 Å². The van der Waals surface area contributed by atoms with Gasteiger partial charge in [-0.3, -0.25) is 4.79 Å². The summed E-state index contributed by atoms with van der Waals surface area (Å²) in [6.07, 6.45) is 0. The molecule has 0 amide bonds. The maximum absolute atomic E-state index is 13.1. The van der Waals surface area contributed by atoms with Gasteiger partial charge in [-0.25, -0.2) is 4.79 Å². The second kappa shape index (κ2) is 6.88. The summed E-state index contributed by atoms with van der Waals surface area (Å²) in [7, 11) is 0. The maximum atomic E-state index is 13.1. The van der Waals surface area contributed by atoms with E-state index in [0.29, 0.717) is 16.8 Å². The van der Waals surface area contributed by atoms with Crippen molar-refractivity contribution in [1.82, 2.24) is 4.98 Å². The molecule has 0 saturated carbocycles. The number of aryl methyl sites for hydroxylation is 1. The van der Waals surface area contributed by atoms with E-state index in [9.17, 15) is 9.59 Å². The standard InChI is InChI=1S/C22H20N2O4/c1-3-27-22(26)18-16(13-9-5-4-8-12(13)2)17-19(28-20(18)23)14-10-6-7-11-15(14)24-21(17)25/h4-11,16H,3,23H2,1-2H3,(H,24,25)/t16-/m0/s1. The number of hydrogen-bond acceptors (Lipinski definition) is 5. The third-order valence-corrected chi connectivity index (χ3v) is 4.96. The van der Waals surface area contributed by atoms with Gasteiger partial charge in [-0.05, 0) is 37.1 Å². The van der Waals surface area contributed by atoms with Crippen molar-refractivity contribution in [3.05, 3.63) is 87.0 Å². The number of carbonyl (C=O) groups excluding carboxylic acids is 1. The number of esters is 1. The third kappa shape index (κ3) is 2.74. The number of H-pyrrole nitrogens is 1. The maximum Gasteiger partial charge on any atom is 0.340 e. The number of ether oxygens (including phenoxy) is 2. The van der Waals surface area contributed by atoms with Crippen LogP contribution in [0.1, 0.15) is 29.5 Å². The Labute approximate surface area is 161 Å². The zero-order valence-corrected chi connectivity index (χ0v) is 15.6. The average molecular weight is 376 g/mol. The molecule has 0 aliphatic carbocycles. The molecule has 1 aliphatic rings. The van der Waals surface area contributed by atoms with Gasteiger partial charge in [0.2, 0.25) is 5.88 Å². The SMILES string of the molecule is CCOC(=O)C1=C(N)Oc2c(c(=O)[nH]c3ccccc23)[C@@H]1c1ccccc1C. The van der Waals surface area contributed by atoms with E-state index in [1.165, 1.54) is 0 Å². The zero-order valence-electron chi connectivity index (χ0n) is 15.6. The molecule has 0 bridgehead atoms. The van der Waals surface area contributed by atoms with E-state index in [-0.39, 0.29) is 23.6 Å². The van der Waals surface area contributed by atoms with E-state index in [2.05, 4.69) is 4.98 Å². The number of fused-ring (bicyclic) bond motifs is 3. The molecule has 6 heteroatoms. The van der Waals surface area contributed by atoms with E-state index >= 15 is 0 Å². The molecule has 0 unspecified atom stereocenters. The highest BCUT2D eigenvalue weighted by Crippen LogP contribution is 2.44. The predicted molar refractivity (Wildman–Crippen MR) is 106 cm³/mol. The van der Waals surface area contributed by atoms with E-state index in [4.69, 9.17) is 15.2 Å².